The zero-order chi connectivity index (χ0) is 32.7. The van der Waals surface area contributed by atoms with Gasteiger partial charge in [0, 0.05) is 20.2 Å². The van der Waals surface area contributed by atoms with E-state index in [1.165, 1.54) is 0 Å². The topological polar surface area (TPSA) is 61.1 Å². The Morgan fingerprint density at radius 2 is 1.08 bits per heavy atom. The fourth-order valence-corrected chi connectivity index (χ4v) is 9.04. The molecule has 0 unspecified atom stereocenters. The Hall–Kier alpha value is -6.57. The van der Waals surface area contributed by atoms with Gasteiger partial charge in [0.2, 0.25) is 5.43 Å². The number of anilines is 3. The highest BCUT2D eigenvalue weighted by molar-refractivity contribution is 7.26. The minimum atomic E-state index is -0.00681. The number of hydrogen-bond donors (Lipinski definition) is 0. The predicted octanol–water partition coefficient (Wildman–Crippen LogP) is 12.4. The van der Waals surface area contributed by atoms with Crippen molar-refractivity contribution in [1.82, 2.24) is 0 Å². The number of ether oxygens (including phenoxy) is 3. The lowest BCUT2D eigenvalue weighted by molar-refractivity contribution is 0.418. The Morgan fingerprint density at radius 3 is 1.84 bits per heavy atom. The van der Waals surface area contributed by atoms with Gasteiger partial charge in [0.25, 0.3) is 0 Å². The highest BCUT2D eigenvalue weighted by Crippen LogP contribution is 2.67. The molecule has 0 N–H and O–H groups in total. The number of nitrogens with zero attached hydrogens (tertiary/aromatic N) is 1. The summed E-state index contributed by atoms with van der Waals surface area (Å²) in [5.41, 5.74) is 8.08. The van der Waals surface area contributed by atoms with E-state index in [-0.39, 0.29) is 5.43 Å². The molecule has 0 saturated heterocycles. The smallest absolute Gasteiger partial charge is 0.200 e. The van der Waals surface area contributed by atoms with Gasteiger partial charge < -0.3 is 18.6 Å². The van der Waals surface area contributed by atoms with Crippen molar-refractivity contribution < 1.29 is 18.6 Å². The predicted molar refractivity (Wildman–Crippen MR) is 199 cm³/mol. The second kappa shape index (κ2) is 9.31. The molecule has 50 heavy (non-hydrogen) atoms. The average Bonchev–Trinajstić information content (AvgIpc) is 3.52. The van der Waals surface area contributed by atoms with E-state index < -0.39 is 0 Å². The molecular formula is C43H21NO5S. The molecule has 5 heterocycles. The Bertz CT molecular complexity index is 2990. The lowest BCUT2D eigenvalue weighted by Crippen LogP contribution is -2.23. The van der Waals surface area contributed by atoms with Gasteiger partial charge in [-0.3, -0.25) is 9.69 Å². The van der Waals surface area contributed by atoms with E-state index in [2.05, 4.69) is 59.5 Å². The molecule has 0 saturated carbocycles. The van der Waals surface area contributed by atoms with E-state index >= 15 is 0 Å². The molecule has 0 fully saturated rings. The standard InChI is InChI=1S/C43H21NO5S/c45-42-27-9-1-2-12-30(27)46-35-20-28-26-11-4-10-25(43(26)50-38(28)21-29(35)42)23-8-3-7-22(17-23)24-18-36-41-37(19-24)49-34-16-6-14-32-40(34)44(41)39-31(47-32)13-5-15-33(39)48-36/h1-21H. The highest BCUT2D eigenvalue weighted by Gasteiger charge is 2.41. The maximum atomic E-state index is 13.4. The van der Waals surface area contributed by atoms with E-state index in [1.807, 2.05) is 72.8 Å². The summed E-state index contributed by atoms with van der Waals surface area (Å²) in [4.78, 5) is 15.6. The van der Waals surface area contributed by atoms with Gasteiger partial charge >= 0.3 is 0 Å². The van der Waals surface area contributed by atoms with E-state index in [4.69, 9.17) is 18.6 Å². The fraction of sp³-hybridized carbons (Fsp3) is 0. The van der Waals surface area contributed by atoms with Crippen LogP contribution in [0.2, 0.25) is 0 Å². The SMILES string of the molecule is O=c1c2ccccc2oc2cc3c(cc12)sc1c(-c2cccc(-c4cc5c6c(c4)Oc4cccc7c4N6c4c(cccc4O5)O7)c2)cccc13. The van der Waals surface area contributed by atoms with Gasteiger partial charge in [0.1, 0.15) is 28.2 Å². The summed E-state index contributed by atoms with van der Waals surface area (Å²) >= 11 is 1.70. The van der Waals surface area contributed by atoms with Gasteiger partial charge in [0.15, 0.2) is 34.5 Å². The van der Waals surface area contributed by atoms with Gasteiger partial charge in [-0.2, -0.15) is 0 Å². The van der Waals surface area contributed by atoms with Gasteiger partial charge in [0.05, 0.1) is 10.8 Å². The van der Waals surface area contributed by atoms with Gasteiger partial charge in [-0.25, -0.2) is 0 Å². The Balaban J connectivity index is 1.01. The van der Waals surface area contributed by atoms with Gasteiger partial charge in [-0.05, 0) is 89.0 Å². The van der Waals surface area contributed by atoms with Crippen LogP contribution >= 0.6 is 11.3 Å². The number of thiophene rings is 1. The first-order chi connectivity index (χ1) is 24.7. The van der Waals surface area contributed by atoms with Crippen LogP contribution in [0.4, 0.5) is 17.1 Å². The Kier molecular flexibility index (Phi) is 4.92. The number of para-hydroxylation sites is 3. The van der Waals surface area contributed by atoms with Crippen LogP contribution in [0.15, 0.2) is 137 Å². The molecule has 234 valence electrons. The van der Waals surface area contributed by atoms with Crippen LogP contribution in [0.3, 0.4) is 0 Å². The summed E-state index contributed by atoms with van der Waals surface area (Å²) < 4.78 is 27.8. The Labute approximate surface area is 287 Å². The largest absolute Gasteiger partial charge is 0.456 e. The third-order valence-electron chi connectivity index (χ3n) is 10.00. The van der Waals surface area contributed by atoms with Crippen LogP contribution in [-0.4, -0.2) is 0 Å². The van der Waals surface area contributed by atoms with E-state index in [9.17, 15) is 4.79 Å². The van der Waals surface area contributed by atoms with Crippen LogP contribution in [0.5, 0.6) is 34.5 Å². The molecule has 7 aromatic carbocycles. The van der Waals surface area contributed by atoms with Crippen LogP contribution in [0.1, 0.15) is 0 Å². The molecule has 3 aliphatic heterocycles. The first kappa shape index (κ1) is 26.4. The molecule has 12 rings (SSSR count). The molecule has 2 aromatic heterocycles. The molecule has 0 amide bonds. The van der Waals surface area contributed by atoms with Gasteiger partial charge in [-0.1, -0.05) is 60.7 Å². The van der Waals surface area contributed by atoms with Crippen LogP contribution < -0.4 is 24.5 Å². The quantitative estimate of drug-likeness (QED) is 0.172. The summed E-state index contributed by atoms with van der Waals surface area (Å²) in [6, 6.07) is 42.4. The minimum Gasteiger partial charge on any atom is -0.456 e. The van der Waals surface area contributed by atoms with E-state index in [0.717, 1.165) is 94.0 Å². The number of hydrogen-bond acceptors (Lipinski definition) is 7. The van der Waals surface area contributed by atoms with Crippen molar-refractivity contribution in [1.29, 1.82) is 0 Å². The summed E-state index contributed by atoms with van der Waals surface area (Å²) in [6.45, 7) is 0. The third-order valence-corrected chi connectivity index (χ3v) is 11.2. The number of fused-ring (bicyclic) bond motifs is 5. The first-order valence-corrected chi connectivity index (χ1v) is 17.2. The minimum absolute atomic E-state index is 0.00681. The van der Waals surface area contributed by atoms with Crippen LogP contribution in [0.25, 0.3) is 64.4 Å². The zero-order valence-corrected chi connectivity index (χ0v) is 26.8. The number of rotatable bonds is 2. The van der Waals surface area contributed by atoms with E-state index in [1.54, 1.807) is 11.3 Å². The zero-order valence-electron chi connectivity index (χ0n) is 26.0. The lowest BCUT2D eigenvalue weighted by Gasteiger charge is -2.41. The molecule has 0 radical (unpaired) electrons. The lowest BCUT2D eigenvalue weighted by atomic mass is 9.96. The van der Waals surface area contributed by atoms with Crippen LogP contribution in [-0.2, 0) is 0 Å². The van der Waals surface area contributed by atoms with Crippen molar-refractivity contribution in [3.05, 3.63) is 138 Å². The second-order valence-electron chi connectivity index (χ2n) is 12.8. The molecular weight excluding hydrogens is 643 g/mol. The van der Waals surface area contributed by atoms with Crippen LogP contribution in [0, 0.1) is 0 Å². The monoisotopic (exact) mass is 663 g/mol. The molecule has 9 aromatic rings. The average molecular weight is 664 g/mol. The third kappa shape index (κ3) is 3.43. The molecule has 7 heteroatoms. The summed E-state index contributed by atoms with van der Waals surface area (Å²) in [6.07, 6.45) is 0. The second-order valence-corrected chi connectivity index (χ2v) is 13.9. The molecule has 0 atom stereocenters. The summed E-state index contributed by atoms with van der Waals surface area (Å²) in [5.74, 6) is 4.44. The maximum Gasteiger partial charge on any atom is 0.200 e. The van der Waals surface area contributed by atoms with Gasteiger partial charge in [-0.15, -0.1) is 11.3 Å². The van der Waals surface area contributed by atoms with Crippen molar-refractivity contribution in [3.8, 4) is 56.8 Å². The highest BCUT2D eigenvalue weighted by atomic mass is 32.1. The summed E-state index contributed by atoms with van der Waals surface area (Å²) in [5, 5.41) is 3.40. The van der Waals surface area contributed by atoms with Crippen molar-refractivity contribution >= 4 is 70.5 Å². The first-order valence-electron chi connectivity index (χ1n) is 16.4. The number of benzene rings is 7. The normalized spacial score (nSPS) is 13.3. The summed E-state index contributed by atoms with van der Waals surface area (Å²) in [7, 11) is 0. The van der Waals surface area contributed by atoms with Crippen molar-refractivity contribution in [3.63, 3.8) is 0 Å². The maximum absolute atomic E-state index is 13.4. The fourth-order valence-electron chi connectivity index (χ4n) is 7.78. The molecule has 0 aliphatic carbocycles. The van der Waals surface area contributed by atoms with E-state index in [0.29, 0.717) is 21.9 Å². The van der Waals surface area contributed by atoms with Crippen molar-refractivity contribution in [2.24, 2.45) is 0 Å². The van der Waals surface area contributed by atoms with Crippen molar-refractivity contribution in [2.75, 3.05) is 4.90 Å². The molecule has 6 nitrogen and oxygen atoms in total. The molecule has 0 spiro atoms. The Morgan fingerprint density at radius 1 is 0.460 bits per heavy atom. The molecule has 0 bridgehead atoms. The molecule has 3 aliphatic rings. The van der Waals surface area contributed by atoms with Crippen molar-refractivity contribution in [2.45, 2.75) is 0 Å².